The molecule has 1 saturated heterocycles. The molecule has 0 unspecified atom stereocenters. The lowest BCUT2D eigenvalue weighted by Crippen LogP contribution is -2.48. The molecule has 0 spiro atoms. The average Bonchev–Trinajstić information content (AvgIpc) is 3.18. The largest absolute Gasteiger partial charge is 0.495 e. The summed E-state index contributed by atoms with van der Waals surface area (Å²) in [4.78, 5) is 17.2. The summed E-state index contributed by atoms with van der Waals surface area (Å²) >= 11 is 1.37. The van der Waals surface area contributed by atoms with Crippen molar-refractivity contribution in [3.63, 3.8) is 0 Å². The van der Waals surface area contributed by atoms with Crippen LogP contribution in [-0.4, -0.2) is 61.6 Å². The van der Waals surface area contributed by atoms with Crippen LogP contribution < -0.4 is 15.0 Å². The zero-order valence-electron chi connectivity index (χ0n) is 15.9. The number of para-hydroxylation sites is 2. The quantitative estimate of drug-likeness (QED) is 0.694. The van der Waals surface area contributed by atoms with Crippen LogP contribution in [0.1, 0.15) is 10.5 Å². The Kier molecular flexibility index (Phi) is 5.73. The number of amides is 1. The second-order valence-electron chi connectivity index (χ2n) is 6.78. The summed E-state index contributed by atoms with van der Waals surface area (Å²) in [6.45, 7) is 5.30. The van der Waals surface area contributed by atoms with Crippen molar-refractivity contribution in [1.29, 1.82) is 0 Å². The standard InChI is InChI=1S/C21H24N4O2S/c1-27-18-8-4-3-7-17(18)25-14-12-24(13-15-25)11-10-22-21(26)20-16-6-2-5-9-19(16)28-23-20/h2-9H,10-15H2,1H3,(H,22,26). The highest BCUT2D eigenvalue weighted by Gasteiger charge is 2.20. The molecule has 2 heterocycles. The number of nitrogens with one attached hydrogen (secondary N) is 1. The number of benzene rings is 2. The highest BCUT2D eigenvalue weighted by Crippen LogP contribution is 2.28. The van der Waals surface area contributed by atoms with Crippen molar-refractivity contribution in [2.75, 3.05) is 51.3 Å². The molecule has 0 bridgehead atoms. The molecule has 0 saturated carbocycles. The van der Waals surface area contributed by atoms with E-state index in [1.165, 1.54) is 11.5 Å². The molecule has 1 amide bonds. The second-order valence-corrected chi connectivity index (χ2v) is 7.59. The summed E-state index contributed by atoms with van der Waals surface area (Å²) in [5.41, 5.74) is 1.68. The number of carbonyl (C=O) groups excluding carboxylic acids is 1. The number of methoxy groups -OCH3 is 1. The predicted molar refractivity (Wildman–Crippen MR) is 114 cm³/mol. The molecular weight excluding hydrogens is 372 g/mol. The van der Waals surface area contributed by atoms with Crippen LogP contribution in [0.5, 0.6) is 5.75 Å². The molecule has 2 aromatic carbocycles. The van der Waals surface area contributed by atoms with E-state index < -0.39 is 0 Å². The van der Waals surface area contributed by atoms with Gasteiger partial charge in [0.2, 0.25) is 0 Å². The number of carbonyl (C=O) groups is 1. The van der Waals surface area contributed by atoms with Gasteiger partial charge in [0.05, 0.1) is 17.5 Å². The summed E-state index contributed by atoms with van der Waals surface area (Å²) in [5.74, 6) is 0.823. The molecular formula is C21H24N4O2S. The fourth-order valence-electron chi connectivity index (χ4n) is 3.56. The maximum Gasteiger partial charge on any atom is 0.271 e. The van der Waals surface area contributed by atoms with Crippen LogP contribution in [0, 0.1) is 0 Å². The molecule has 1 aliphatic rings. The summed E-state index contributed by atoms with van der Waals surface area (Å²) in [6.07, 6.45) is 0. The van der Waals surface area contributed by atoms with Crippen LogP contribution in [0.3, 0.4) is 0 Å². The molecule has 0 aliphatic carbocycles. The number of ether oxygens (including phenoxy) is 1. The van der Waals surface area contributed by atoms with Gasteiger partial charge in [-0.1, -0.05) is 30.3 Å². The minimum atomic E-state index is -0.0925. The summed E-state index contributed by atoms with van der Waals surface area (Å²) < 4.78 is 10.8. The molecule has 4 rings (SSSR count). The maximum atomic E-state index is 12.5. The Hall–Kier alpha value is -2.64. The first kappa shape index (κ1) is 18.7. The van der Waals surface area contributed by atoms with Gasteiger partial charge in [-0.15, -0.1) is 0 Å². The molecule has 0 atom stereocenters. The molecule has 28 heavy (non-hydrogen) atoms. The SMILES string of the molecule is COc1ccccc1N1CCN(CCNC(=O)c2nsc3ccccc23)CC1. The van der Waals surface area contributed by atoms with E-state index in [4.69, 9.17) is 4.74 Å². The number of hydrogen-bond donors (Lipinski definition) is 1. The Bertz CT molecular complexity index is 950. The van der Waals surface area contributed by atoms with Crippen molar-refractivity contribution in [3.8, 4) is 5.75 Å². The van der Waals surface area contributed by atoms with Crippen LogP contribution >= 0.6 is 11.5 Å². The van der Waals surface area contributed by atoms with E-state index in [1.54, 1.807) is 7.11 Å². The lowest BCUT2D eigenvalue weighted by atomic mass is 10.2. The number of aromatic nitrogens is 1. The first-order valence-electron chi connectivity index (χ1n) is 9.49. The fraction of sp³-hybridized carbons (Fsp3) is 0.333. The van der Waals surface area contributed by atoms with Gasteiger partial charge in [-0.25, -0.2) is 0 Å². The number of piperazine rings is 1. The first-order valence-corrected chi connectivity index (χ1v) is 10.3. The normalized spacial score (nSPS) is 15.0. The minimum Gasteiger partial charge on any atom is -0.495 e. The van der Waals surface area contributed by atoms with Gasteiger partial charge in [-0.05, 0) is 29.7 Å². The van der Waals surface area contributed by atoms with Crippen LogP contribution in [-0.2, 0) is 0 Å². The van der Waals surface area contributed by atoms with Gasteiger partial charge in [-0.3, -0.25) is 9.69 Å². The van der Waals surface area contributed by atoms with Crippen molar-refractivity contribution < 1.29 is 9.53 Å². The van der Waals surface area contributed by atoms with Gasteiger partial charge < -0.3 is 15.0 Å². The monoisotopic (exact) mass is 396 g/mol. The van der Waals surface area contributed by atoms with Gasteiger partial charge in [0.25, 0.3) is 5.91 Å². The van der Waals surface area contributed by atoms with E-state index >= 15 is 0 Å². The zero-order valence-corrected chi connectivity index (χ0v) is 16.7. The number of nitrogens with zero attached hydrogens (tertiary/aromatic N) is 3. The molecule has 1 aromatic heterocycles. The van der Waals surface area contributed by atoms with Gasteiger partial charge in [0.15, 0.2) is 0 Å². The predicted octanol–water partition coefficient (Wildman–Crippen LogP) is 2.86. The van der Waals surface area contributed by atoms with Crippen molar-refractivity contribution in [2.45, 2.75) is 0 Å². The van der Waals surface area contributed by atoms with E-state index in [1.807, 2.05) is 42.5 Å². The Labute approximate surface area is 168 Å². The van der Waals surface area contributed by atoms with Crippen molar-refractivity contribution >= 4 is 33.2 Å². The molecule has 146 valence electrons. The summed E-state index contributed by atoms with van der Waals surface area (Å²) in [6, 6.07) is 16.0. The number of anilines is 1. The Morgan fingerprint density at radius 2 is 1.86 bits per heavy atom. The molecule has 7 heteroatoms. The molecule has 3 aromatic rings. The number of fused-ring (bicyclic) bond motifs is 1. The van der Waals surface area contributed by atoms with Crippen LogP contribution in [0.15, 0.2) is 48.5 Å². The molecule has 1 fully saturated rings. The van der Waals surface area contributed by atoms with Crippen molar-refractivity contribution in [2.24, 2.45) is 0 Å². The van der Waals surface area contributed by atoms with E-state index in [0.29, 0.717) is 12.2 Å². The van der Waals surface area contributed by atoms with Gasteiger partial charge in [0, 0.05) is 44.7 Å². The summed E-state index contributed by atoms with van der Waals surface area (Å²) in [7, 11) is 1.71. The van der Waals surface area contributed by atoms with Crippen molar-refractivity contribution in [1.82, 2.24) is 14.6 Å². The van der Waals surface area contributed by atoms with E-state index in [9.17, 15) is 4.79 Å². The number of hydrogen-bond acceptors (Lipinski definition) is 6. The molecule has 1 N–H and O–H groups in total. The van der Waals surface area contributed by atoms with E-state index in [2.05, 4.69) is 25.6 Å². The highest BCUT2D eigenvalue weighted by molar-refractivity contribution is 7.13. The number of rotatable bonds is 6. The Morgan fingerprint density at radius 3 is 2.68 bits per heavy atom. The third kappa shape index (κ3) is 3.95. The van der Waals surface area contributed by atoms with Gasteiger partial charge in [-0.2, -0.15) is 4.37 Å². The van der Waals surface area contributed by atoms with Crippen molar-refractivity contribution in [3.05, 3.63) is 54.2 Å². The van der Waals surface area contributed by atoms with Crippen LogP contribution in [0.25, 0.3) is 10.1 Å². The van der Waals surface area contributed by atoms with Gasteiger partial charge >= 0.3 is 0 Å². The third-order valence-corrected chi connectivity index (χ3v) is 5.93. The Morgan fingerprint density at radius 1 is 1.11 bits per heavy atom. The third-order valence-electron chi connectivity index (χ3n) is 5.10. The maximum absolute atomic E-state index is 12.5. The minimum absolute atomic E-state index is 0.0925. The zero-order chi connectivity index (χ0) is 19.3. The first-order chi connectivity index (χ1) is 13.8. The average molecular weight is 397 g/mol. The molecule has 1 aliphatic heterocycles. The van der Waals surface area contributed by atoms with E-state index in [0.717, 1.165) is 54.2 Å². The lowest BCUT2D eigenvalue weighted by Gasteiger charge is -2.36. The van der Waals surface area contributed by atoms with Crippen LogP contribution in [0.2, 0.25) is 0 Å². The highest BCUT2D eigenvalue weighted by atomic mass is 32.1. The summed E-state index contributed by atoms with van der Waals surface area (Å²) in [5, 5.41) is 3.94. The Balaban J connectivity index is 1.26. The topological polar surface area (TPSA) is 57.7 Å². The van der Waals surface area contributed by atoms with E-state index in [-0.39, 0.29) is 5.91 Å². The lowest BCUT2D eigenvalue weighted by molar-refractivity contribution is 0.0945. The molecule has 6 nitrogen and oxygen atoms in total. The van der Waals surface area contributed by atoms with Crippen LogP contribution in [0.4, 0.5) is 5.69 Å². The second kappa shape index (κ2) is 8.58. The molecule has 0 radical (unpaired) electrons. The fourth-order valence-corrected chi connectivity index (χ4v) is 4.34. The van der Waals surface area contributed by atoms with Gasteiger partial charge in [0.1, 0.15) is 11.4 Å². The smallest absolute Gasteiger partial charge is 0.271 e.